The predicted molar refractivity (Wildman–Crippen MR) is 82.7 cm³/mol. The second-order valence-electron chi connectivity index (χ2n) is 4.94. The van der Waals surface area contributed by atoms with Crippen molar-refractivity contribution in [3.63, 3.8) is 0 Å². The number of esters is 1. The average molecular weight is 359 g/mol. The Morgan fingerprint density at radius 2 is 2.04 bits per heavy atom. The number of sulfonamides is 1. The lowest BCUT2D eigenvalue weighted by Gasteiger charge is -2.13. The van der Waals surface area contributed by atoms with Crippen LogP contribution in [0.1, 0.15) is 21.8 Å². The quantitative estimate of drug-likeness (QED) is 0.761. The summed E-state index contributed by atoms with van der Waals surface area (Å²) in [5.41, 5.74) is 0.543. The lowest BCUT2D eigenvalue weighted by Crippen LogP contribution is -2.23. The molecule has 0 aliphatic carbocycles. The molecule has 1 aromatic carbocycles. The van der Waals surface area contributed by atoms with Gasteiger partial charge in [0.2, 0.25) is 10.0 Å². The van der Waals surface area contributed by atoms with Crippen LogP contribution in [0, 0.1) is 6.92 Å². The SMILES string of the molecule is Cc1cc(COC(=O)c2ccc(Cl)c(S(=O)(=O)N(C)C)c2)no1. The number of aromatic nitrogens is 1. The number of halogens is 1. The summed E-state index contributed by atoms with van der Waals surface area (Å²) in [6, 6.07) is 5.56. The lowest BCUT2D eigenvalue weighted by molar-refractivity contribution is 0.0464. The molecule has 0 aliphatic heterocycles. The van der Waals surface area contributed by atoms with E-state index in [4.69, 9.17) is 20.9 Å². The van der Waals surface area contributed by atoms with Crippen molar-refractivity contribution in [2.75, 3.05) is 14.1 Å². The molecule has 0 atom stereocenters. The molecule has 0 unspecified atom stereocenters. The number of benzene rings is 1. The van der Waals surface area contributed by atoms with Crippen molar-refractivity contribution < 1.29 is 22.5 Å². The molecule has 0 radical (unpaired) electrons. The van der Waals surface area contributed by atoms with E-state index in [1.54, 1.807) is 13.0 Å². The summed E-state index contributed by atoms with van der Waals surface area (Å²) in [6.45, 7) is 1.64. The van der Waals surface area contributed by atoms with Crippen molar-refractivity contribution in [3.8, 4) is 0 Å². The number of hydrogen-bond acceptors (Lipinski definition) is 6. The first kappa shape index (κ1) is 17.5. The van der Waals surface area contributed by atoms with Gasteiger partial charge in [0, 0.05) is 20.2 Å². The van der Waals surface area contributed by atoms with Crippen LogP contribution in [0.5, 0.6) is 0 Å². The highest BCUT2D eigenvalue weighted by Crippen LogP contribution is 2.25. The molecule has 0 amide bonds. The normalized spacial score (nSPS) is 11.7. The maximum absolute atomic E-state index is 12.2. The van der Waals surface area contributed by atoms with Crippen LogP contribution in [0.25, 0.3) is 0 Å². The minimum atomic E-state index is -3.76. The van der Waals surface area contributed by atoms with Crippen molar-refractivity contribution in [1.82, 2.24) is 9.46 Å². The molecule has 1 heterocycles. The van der Waals surface area contributed by atoms with E-state index in [9.17, 15) is 13.2 Å². The van der Waals surface area contributed by atoms with Gasteiger partial charge in [0.25, 0.3) is 0 Å². The van der Waals surface area contributed by atoms with Gasteiger partial charge < -0.3 is 9.26 Å². The largest absolute Gasteiger partial charge is 0.455 e. The first-order valence-electron chi connectivity index (χ1n) is 6.53. The Hall–Kier alpha value is -1.90. The van der Waals surface area contributed by atoms with Crippen LogP contribution in [-0.4, -0.2) is 37.9 Å². The second kappa shape index (κ2) is 6.69. The van der Waals surface area contributed by atoms with E-state index in [2.05, 4.69) is 5.16 Å². The summed E-state index contributed by atoms with van der Waals surface area (Å²) < 4.78 is 35.3. The summed E-state index contributed by atoms with van der Waals surface area (Å²) in [6.07, 6.45) is 0. The fourth-order valence-electron chi connectivity index (χ4n) is 1.73. The number of carbonyl (C=O) groups excluding carboxylic acids is 1. The van der Waals surface area contributed by atoms with E-state index < -0.39 is 16.0 Å². The van der Waals surface area contributed by atoms with Gasteiger partial charge >= 0.3 is 5.97 Å². The Labute approximate surface area is 138 Å². The summed E-state index contributed by atoms with van der Waals surface area (Å²) in [5, 5.41) is 3.73. The number of carbonyl (C=O) groups is 1. The zero-order valence-corrected chi connectivity index (χ0v) is 14.3. The zero-order valence-electron chi connectivity index (χ0n) is 12.7. The first-order valence-corrected chi connectivity index (χ1v) is 8.35. The van der Waals surface area contributed by atoms with E-state index in [0.29, 0.717) is 11.5 Å². The van der Waals surface area contributed by atoms with Crippen LogP contribution in [0.15, 0.2) is 33.7 Å². The van der Waals surface area contributed by atoms with Crippen LogP contribution >= 0.6 is 11.6 Å². The molecule has 0 saturated carbocycles. The molecule has 9 heteroatoms. The third-order valence-corrected chi connectivity index (χ3v) is 5.25. The van der Waals surface area contributed by atoms with Crippen LogP contribution in [-0.2, 0) is 21.4 Å². The van der Waals surface area contributed by atoms with E-state index >= 15 is 0 Å². The Morgan fingerprint density at radius 1 is 1.35 bits per heavy atom. The van der Waals surface area contributed by atoms with Gasteiger partial charge in [-0.15, -0.1) is 0 Å². The van der Waals surface area contributed by atoms with E-state index in [1.807, 2.05) is 0 Å². The zero-order chi connectivity index (χ0) is 17.2. The number of hydrogen-bond donors (Lipinski definition) is 0. The molecule has 0 spiro atoms. The molecule has 1 aromatic heterocycles. The van der Waals surface area contributed by atoms with Crippen molar-refractivity contribution in [2.45, 2.75) is 18.4 Å². The summed E-state index contributed by atoms with van der Waals surface area (Å²) in [4.78, 5) is 11.9. The summed E-state index contributed by atoms with van der Waals surface area (Å²) in [5.74, 6) is -0.0839. The third-order valence-electron chi connectivity index (χ3n) is 2.95. The van der Waals surface area contributed by atoms with E-state index in [-0.39, 0.29) is 22.1 Å². The van der Waals surface area contributed by atoms with Gasteiger partial charge in [-0.1, -0.05) is 16.8 Å². The van der Waals surface area contributed by atoms with Gasteiger partial charge in [0.05, 0.1) is 10.6 Å². The maximum Gasteiger partial charge on any atom is 0.338 e. The Kier molecular flexibility index (Phi) is 5.08. The molecule has 124 valence electrons. The molecule has 0 bridgehead atoms. The Bertz CT molecular complexity index is 829. The van der Waals surface area contributed by atoms with Gasteiger partial charge in [-0.3, -0.25) is 0 Å². The van der Waals surface area contributed by atoms with Crippen LogP contribution in [0.2, 0.25) is 5.02 Å². The molecule has 0 aliphatic rings. The van der Waals surface area contributed by atoms with Crippen LogP contribution in [0.3, 0.4) is 0 Å². The Morgan fingerprint density at radius 3 is 2.61 bits per heavy atom. The van der Waals surface area contributed by atoms with Gasteiger partial charge in [-0.05, 0) is 25.1 Å². The molecular formula is C14H15ClN2O5S. The molecule has 2 rings (SSSR count). The lowest BCUT2D eigenvalue weighted by atomic mass is 10.2. The molecule has 23 heavy (non-hydrogen) atoms. The molecule has 0 saturated heterocycles. The summed E-state index contributed by atoms with van der Waals surface area (Å²) in [7, 11) is -1.00. The van der Waals surface area contributed by atoms with Crippen molar-refractivity contribution in [3.05, 3.63) is 46.3 Å². The monoisotopic (exact) mass is 358 g/mol. The van der Waals surface area contributed by atoms with E-state index in [0.717, 1.165) is 4.31 Å². The number of rotatable bonds is 5. The average Bonchev–Trinajstić information content (AvgIpc) is 2.90. The van der Waals surface area contributed by atoms with E-state index in [1.165, 1.54) is 32.3 Å². The van der Waals surface area contributed by atoms with Gasteiger partial charge in [0.15, 0.2) is 0 Å². The molecule has 0 N–H and O–H groups in total. The fraction of sp³-hybridized carbons (Fsp3) is 0.286. The highest BCUT2D eigenvalue weighted by atomic mass is 35.5. The minimum absolute atomic E-state index is 0.0300. The Balaban J connectivity index is 2.21. The molecule has 2 aromatic rings. The standard InChI is InChI=1S/C14H15ClN2O5S/c1-9-6-11(16-22-9)8-21-14(18)10-4-5-12(15)13(7-10)23(19,20)17(2)3/h4-7H,8H2,1-3H3. The third kappa shape index (κ3) is 3.90. The minimum Gasteiger partial charge on any atom is -0.455 e. The topological polar surface area (TPSA) is 89.7 Å². The number of aryl methyl sites for hydroxylation is 1. The smallest absolute Gasteiger partial charge is 0.338 e. The second-order valence-corrected chi connectivity index (χ2v) is 7.47. The van der Waals surface area contributed by atoms with Crippen LogP contribution < -0.4 is 0 Å². The number of ether oxygens (including phenoxy) is 1. The van der Waals surface area contributed by atoms with Gasteiger partial charge in [0.1, 0.15) is 23.0 Å². The maximum atomic E-state index is 12.2. The molecule has 7 nitrogen and oxygen atoms in total. The predicted octanol–water partition coefficient (Wildman–Crippen LogP) is 2.24. The van der Waals surface area contributed by atoms with Crippen molar-refractivity contribution >= 4 is 27.6 Å². The van der Waals surface area contributed by atoms with Crippen LogP contribution in [0.4, 0.5) is 0 Å². The van der Waals surface area contributed by atoms with Crippen molar-refractivity contribution in [2.24, 2.45) is 0 Å². The van der Waals surface area contributed by atoms with Crippen molar-refractivity contribution in [1.29, 1.82) is 0 Å². The first-order chi connectivity index (χ1) is 10.7. The molecule has 0 fully saturated rings. The highest BCUT2D eigenvalue weighted by Gasteiger charge is 2.23. The molecular weight excluding hydrogens is 344 g/mol. The fourth-order valence-corrected chi connectivity index (χ4v) is 3.13. The highest BCUT2D eigenvalue weighted by molar-refractivity contribution is 7.89. The van der Waals surface area contributed by atoms with Gasteiger partial charge in [-0.2, -0.15) is 0 Å². The number of nitrogens with zero attached hydrogens (tertiary/aromatic N) is 2. The van der Waals surface area contributed by atoms with Gasteiger partial charge in [-0.25, -0.2) is 17.5 Å². The summed E-state index contributed by atoms with van der Waals surface area (Å²) >= 11 is 5.92.